The van der Waals surface area contributed by atoms with Gasteiger partial charge in [0.2, 0.25) is 0 Å². The van der Waals surface area contributed by atoms with Crippen LogP contribution < -0.4 is 5.32 Å². The Bertz CT molecular complexity index is 888. The number of benzene rings is 2. The van der Waals surface area contributed by atoms with E-state index in [0.717, 1.165) is 40.5 Å². The molecule has 3 aromatic rings. The van der Waals surface area contributed by atoms with Gasteiger partial charge in [0, 0.05) is 25.2 Å². The molecule has 1 saturated heterocycles. The summed E-state index contributed by atoms with van der Waals surface area (Å²) in [7, 11) is 0. The summed E-state index contributed by atoms with van der Waals surface area (Å²) >= 11 is 1.70. The first kappa shape index (κ1) is 18.2. The highest BCUT2D eigenvalue weighted by molar-refractivity contribution is 7.15. The molecule has 27 heavy (non-hydrogen) atoms. The first-order chi connectivity index (χ1) is 13.0. The van der Waals surface area contributed by atoms with E-state index in [1.807, 2.05) is 24.4 Å². The first-order valence-electron chi connectivity index (χ1n) is 8.90. The van der Waals surface area contributed by atoms with E-state index in [4.69, 9.17) is 0 Å². The Morgan fingerprint density at radius 1 is 0.926 bits per heavy atom. The Morgan fingerprint density at radius 2 is 1.63 bits per heavy atom. The smallest absolute Gasteiger partial charge is 0.315 e. The standard InChI is InChI=1S/C21H19F3N2S/c22-21(23,24)18-8-6-14(7-9-18)16-10-17(12-25-11-16)20-26-13-19(27-20)15-4-2-1-3-5-15/h1-9,13,16-17,25H,10-12H2. The largest absolute Gasteiger partial charge is 0.416 e. The van der Waals surface area contributed by atoms with Gasteiger partial charge in [0.25, 0.3) is 0 Å². The predicted molar refractivity (Wildman–Crippen MR) is 102 cm³/mol. The van der Waals surface area contributed by atoms with Crippen LogP contribution in [0.1, 0.15) is 34.4 Å². The Labute approximate surface area is 160 Å². The van der Waals surface area contributed by atoms with E-state index in [1.165, 1.54) is 12.1 Å². The monoisotopic (exact) mass is 388 g/mol. The average Bonchev–Trinajstić information content (AvgIpc) is 3.19. The van der Waals surface area contributed by atoms with Gasteiger partial charge in [-0.15, -0.1) is 11.3 Å². The maximum atomic E-state index is 12.8. The van der Waals surface area contributed by atoms with Crippen molar-refractivity contribution in [1.82, 2.24) is 10.3 Å². The lowest BCUT2D eigenvalue weighted by Crippen LogP contribution is -2.33. The fourth-order valence-electron chi connectivity index (χ4n) is 3.54. The lowest BCUT2D eigenvalue weighted by molar-refractivity contribution is -0.137. The molecule has 1 aliphatic rings. The van der Waals surface area contributed by atoms with Crippen molar-refractivity contribution in [2.45, 2.75) is 24.4 Å². The van der Waals surface area contributed by atoms with Crippen molar-refractivity contribution in [1.29, 1.82) is 0 Å². The van der Waals surface area contributed by atoms with Crippen molar-refractivity contribution < 1.29 is 13.2 Å². The van der Waals surface area contributed by atoms with E-state index in [0.29, 0.717) is 0 Å². The summed E-state index contributed by atoms with van der Waals surface area (Å²) in [6, 6.07) is 15.7. The van der Waals surface area contributed by atoms with Gasteiger partial charge in [-0.05, 0) is 35.6 Å². The van der Waals surface area contributed by atoms with Gasteiger partial charge in [0.1, 0.15) is 0 Å². The number of halogens is 3. The molecule has 1 aliphatic heterocycles. The minimum Gasteiger partial charge on any atom is -0.315 e. The quantitative estimate of drug-likeness (QED) is 0.623. The highest BCUT2D eigenvalue weighted by atomic mass is 32.1. The van der Waals surface area contributed by atoms with Gasteiger partial charge in [0.05, 0.1) is 15.4 Å². The second-order valence-corrected chi connectivity index (χ2v) is 7.90. The molecule has 140 valence electrons. The maximum Gasteiger partial charge on any atom is 0.416 e. The van der Waals surface area contributed by atoms with Crippen LogP contribution in [0.15, 0.2) is 60.8 Å². The van der Waals surface area contributed by atoms with Crippen LogP contribution in [0.25, 0.3) is 10.4 Å². The van der Waals surface area contributed by atoms with Crippen LogP contribution in [0, 0.1) is 0 Å². The van der Waals surface area contributed by atoms with Gasteiger partial charge in [0.15, 0.2) is 0 Å². The van der Waals surface area contributed by atoms with Crippen molar-refractivity contribution in [3.8, 4) is 10.4 Å². The third-order valence-corrected chi connectivity index (χ3v) is 6.20. The number of rotatable bonds is 3. The molecule has 0 radical (unpaired) electrons. The highest BCUT2D eigenvalue weighted by Gasteiger charge is 2.31. The number of hydrogen-bond donors (Lipinski definition) is 1. The van der Waals surface area contributed by atoms with Gasteiger partial charge >= 0.3 is 6.18 Å². The summed E-state index contributed by atoms with van der Waals surface area (Å²) in [4.78, 5) is 5.76. The molecule has 2 aromatic carbocycles. The van der Waals surface area contributed by atoms with Crippen LogP contribution in [0.2, 0.25) is 0 Å². The summed E-state index contributed by atoms with van der Waals surface area (Å²) in [5, 5.41) is 4.50. The van der Waals surface area contributed by atoms with Crippen LogP contribution in [-0.2, 0) is 6.18 Å². The molecule has 6 heteroatoms. The van der Waals surface area contributed by atoms with Crippen LogP contribution in [0.3, 0.4) is 0 Å². The van der Waals surface area contributed by atoms with E-state index >= 15 is 0 Å². The molecule has 2 atom stereocenters. The number of nitrogens with zero attached hydrogens (tertiary/aromatic N) is 1. The minimum absolute atomic E-state index is 0.190. The molecule has 0 amide bonds. The van der Waals surface area contributed by atoms with E-state index < -0.39 is 11.7 Å². The summed E-state index contributed by atoms with van der Waals surface area (Å²) in [5.74, 6) is 0.462. The van der Waals surface area contributed by atoms with Crippen LogP contribution in [-0.4, -0.2) is 18.1 Å². The first-order valence-corrected chi connectivity index (χ1v) is 9.71. The fraction of sp³-hybridized carbons (Fsp3) is 0.286. The highest BCUT2D eigenvalue weighted by Crippen LogP contribution is 2.37. The zero-order valence-corrected chi connectivity index (χ0v) is 15.4. The Morgan fingerprint density at radius 3 is 2.33 bits per heavy atom. The molecule has 0 spiro atoms. The van der Waals surface area contributed by atoms with Crippen LogP contribution >= 0.6 is 11.3 Å². The number of hydrogen-bond acceptors (Lipinski definition) is 3. The summed E-state index contributed by atoms with van der Waals surface area (Å²) in [6.45, 7) is 1.62. The second kappa shape index (κ2) is 7.44. The summed E-state index contributed by atoms with van der Waals surface area (Å²) in [6.07, 6.45) is -1.49. The zero-order valence-electron chi connectivity index (χ0n) is 14.5. The molecule has 4 rings (SSSR count). The van der Waals surface area contributed by atoms with Crippen molar-refractivity contribution in [3.05, 3.63) is 76.9 Å². The molecule has 2 heterocycles. The number of alkyl halides is 3. The van der Waals surface area contributed by atoms with E-state index in [-0.39, 0.29) is 11.8 Å². The second-order valence-electron chi connectivity index (χ2n) is 6.84. The SMILES string of the molecule is FC(F)(F)c1ccc(C2CNCC(c3ncc(-c4ccccc4)s3)C2)cc1. The van der Waals surface area contributed by atoms with Gasteiger partial charge in [-0.1, -0.05) is 42.5 Å². The molecule has 2 unspecified atom stereocenters. The minimum atomic E-state index is -4.29. The Kier molecular flexibility index (Phi) is 5.02. The summed E-state index contributed by atoms with van der Waals surface area (Å²) in [5.41, 5.74) is 1.50. The lowest BCUT2D eigenvalue weighted by Gasteiger charge is -2.29. The number of aromatic nitrogens is 1. The third kappa shape index (κ3) is 4.06. The maximum absolute atomic E-state index is 12.8. The molecule has 1 aromatic heterocycles. The fourth-order valence-corrected chi connectivity index (χ4v) is 4.58. The average molecular weight is 388 g/mol. The molecular weight excluding hydrogens is 369 g/mol. The van der Waals surface area contributed by atoms with Crippen LogP contribution in [0.4, 0.5) is 13.2 Å². The third-order valence-electron chi connectivity index (χ3n) is 4.99. The van der Waals surface area contributed by atoms with Gasteiger partial charge in [-0.3, -0.25) is 0 Å². The van der Waals surface area contributed by atoms with Crippen molar-refractivity contribution in [3.63, 3.8) is 0 Å². The van der Waals surface area contributed by atoms with Gasteiger partial charge in [-0.25, -0.2) is 4.98 Å². The molecular formula is C21H19F3N2S. The van der Waals surface area contributed by atoms with Crippen molar-refractivity contribution in [2.24, 2.45) is 0 Å². The normalized spacial score (nSPS) is 20.6. The van der Waals surface area contributed by atoms with Gasteiger partial charge in [-0.2, -0.15) is 13.2 Å². The molecule has 0 aliphatic carbocycles. The zero-order chi connectivity index (χ0) is 18.9. The number of thiazole rings is 1. The van der Waals surface area contributed by atoms with Crippen molar-refractivity contribution in [2.75, 3.05) is 13.1 Å². The predicted octanol–water partition coefficient (Wildman–Crippen LogP) is 5.69. The Balaban J connectivity index is 1.49. The van der Waals surface area contributed by atoms with E-state index in [2.05, 4.69) is 22.4 Å². The number of piperidine rings is 1. The Hall–Kier alpha value is -2.18. The molecule has 1 fully saturated rings. The molecule has 0 bridgehead atoms. The summed E-state index contributed by atoms with van der Waals surface area (Å²) < 4.78 is 38.3. The van der Waals surface area contributed by atoms with Crippen molar-refractivity contribution >= 4 is 11.3 Å². The molecule has 2 nitrogen and oxygen atoms in total. The molecule has 0 saturated carbocycles. The lowest BCUT2D eigenvalue weighted by atomic mass is 9.85. The van der Waals surface area contributed by atoms with E-state index in [9.17, 15) is 13.2 Å². The van der Waals surface area contributed by atoms with Crippen LogP contribution in [0.5, 0.6) is 0 Å². The van der Waals surface area contributed by atoms with E-state index in [1.54, 1.807) is 23.5 Å². The topological polar surface area (TPSA) is 24.9 Å². The molecule has 1 N–H and O–H groups in total. The number of nitrogens with one attached hydrogen (secondary N) is 1. The van der Waals surface area contributed by atoms with Gasteiger partial charge < -0.3 is 5.32 Å².